The molecule has 0 aromatic heterocycles. The number of rotatable bonds is 2. The third-order valence-electron chi connectivity index (χ3n) is 9.94. The van der Waals surface area contributed by atoms with E-state index < -0.39 is 0 Å². The zero-order valence-corrected chi connectivity index (χ0v) is 35.5. The summed E-state index contributed by atoms with van der Waals surface area (Å²) < 4.78 is 1.31. The molecule has 0 heterocycles. The van der Waals surface area contributed by atoms with Gasteiger partial charge in [0.15, 0.2) is 0 Å². The van der Waals surface area contributed by atoms with Crippen LogP contribution in [0.3, 0.4) is 0 Å². The molecule has 0 amide bonds. The van der Waals surface area contributed by atoms with Crippen LogP contribution in [-0.2, 0) is 41.5 Å². The Hall–Kier alpha value is -3.35. The average molecular weight is 797 g/mol. The normalized spacial score (nSPS) is 13.0. The number of aryl methyl sites for hydroxylation is 2. The minimum atomic E-state index is 0.163. The van der Waals surface area contributed by atoms with Gasteiger partial charge in [-0.25, -0.2) is 12.2 Å². The summed E-state index contributed by atoms with van der Waals surface area (Å²) in [6, 6.07) is 35.8. The Morgan fingerprint density at radius 3 is 1.65 bits per heavy atom. The maximum atomic E-state index is 6.38. The van der Waals surface area contributed by atoms with Crippen molar-refractivity contribution in [2.75, 3.05) is 0 Å². The summed E-state index contributed by atoms with van der Waals surface area (Å²) >= 11 is 14.1. The molecule has 0 fully saturated rings. The predicted octanol–water partition coefficient (Wildman–Crippen LogP) is 14.0. The van der Waals surface area contributed by atoms with E-state index >= 15 is 0 Å². The van der Waals surface area contributed by atoms with Gasteiger partial charge in [0.05, 0.1) is 0 Å². The molecule has 0 nitrogen and oxygen atoms in total. The Kier molecular flexibility index (Phi) is 11.5. The maximum absolute atomic E-state index is 6.38. The summed E-state index contributed by atoms with van der Waals surface area (Å²) in [5.74, 6) is 0. The van der Waals surface area contributed by atoms with E-state index in [0.29, 0.717) is 0 Å². The molecule has 2 aliphatic rings. The largest absolute Gasteiger partial charge is 0.273 e. The minimum Gasteiger partial charge on any atom is -0.273 e. The zero-order valence-electron chi connectivity index (χ0n) is 31.6. The van der Waals surface area contributed by atoms with Crippen molar-refractivity contribution in [2.24, 2.45) is 0 Å². The van der Waals surface area contributed by atoms with E-state index in [1.54, 1.807) is 0 Å². The molecule has 0 aliphatic heterocycles. The molecule has 3 heteroatoms. The van der Waals surface area contributed by atoms with Gasteiger partial charge < -0.3 is 0 Å². The van der Waals surface area contributed by atoms with E-state index in [1.807, 2.05) is 36.4 Å². The van der Waals surface area contributed by atoms with Gasteiger partial charge in [-0.2, -0.15) is 23.8 Å². The average Bonchev–Trinajstić information content (AvgIpc) is 3.78. The molecular formula is C49H46Cl2Zr. The monoisotopic (exact) mass is 794 g/mol. The predicted molar refractivity (Wildman–Crippen MR) is 223 cm³/mol. The van der Waals surface area contributed by atoms with Crippen LogP contribution < -0.4 is 0 Å². The molecule has 6 aromatic carbocycles. The summed E-state index contributed by atoms with van der Waals surface area (Å²) in [5, 5.41) is 6.15. The van der Waals surface area contributed by atoms with Crippen molar-refractivity contribution in [2.45, 2.75) is 79.1 Å². The van der Waals surface area contributed by atoms with Gasteiger partial charge in [-0.1, -0.05) is 71.6 Å². The van der Waals surface area contributed by atoms with Gasteiger partial charge in [0.1, 0.15) is 0 Å². The molecule has 6 aromatic rings. The Morgan fingerprint density at radius 2 is 1.17 bits per heavy atom. The third kappa shape index (κ3) is 8.09. The number of benzene rings is 6. The molecule has 0 saturated carbocycles. The van der Waals surface area contributed by atoms with E-state index in [-0.39, 0.29) is 10.8 Å². The van der Waals surface area contributed by atoms with Crippen LogP contribution in [0.2, 0.25) is 10.0 Å². The second-order valence-corrected chi connectivity index (χ2v) is 17.9. The van der Waals surface area contributed by atoms with Crippen molar-refractivity contribution in [3.8, 4) is 11.1 Å². The fourth-order valence-corrected chi connectivity index (χ4v) is 9.03. The van der Waals surface area contributed by atoms with E-state index in [4.69, 9.17) is 23.2 Å². The van der Waals surface area contributed by atoms with E-state index in [1.165, 1.54) is 93.8 Å². The Balaban J connectivity index is 0.000000157. The van der Waals surface area contributed by atoms with Crippen molar-refractivity contribution in [1.82, 2.24) is 0 Å². The van der Waals surface area contributed by atoms with Gasteiger partial charge in [-0.05, 0) is 35.4 Å². The van der Waals surface area contributed by atoms with Crippen LogP contribution in [0.15, 0.2) is 109 Å². The Bertz CT molecular complexity index is 2210. The topological polar surface area (TPSA) is 0 Å². The van der Waals surface area contributed by atoms with Crippen LogP contribution in [0.5, 0.6) is 0 Å². The van der Waals surface area contributed by atoms with Crippen molar-refractivity contribution in [1.29, 1.82) is 0 Å². The second-order valence-electron chi connectivity index (χ2n) is 15.9. The van der Waals surface area contributed by atoms with Crippen molar-refractivity contribution in [3.63, 3.8) is 0 Å². The number of fused-ring (bicyclic) bond motifs is 5. The first kappa shape index (κ1) is 38.4. The first-order chi connectivity index (χ1) is 24.6. The molecule has 2 aliphatic carbocycles. The third-order valence-corrected chi connectivity index (χ3v) is 11.9. The Morgan fingerprint density at radius 1 is 0.654 bits per heavy atom. The van der Waals surface area contributed by atoms with Gasteiger partial charge in [0.25, 0.3) is 0 Å². The SMILES string of the molecule is Cc1[c-]c2c(cc1C(C)(C)C)-c1cc(C(C)(C)C)c(C)cc1C2.Clc1cccc2c([C](=[Zr+2])c3cccc4c(Cl)cccc34)cccc12.[C-]1=CC=CC1. The van der Waals surface area contributed by atoms with Gasteiger partial charge in [0, 0.05) is 0 Å². The summed E-state index contributed by atoms with van der Waals surface area (Å²) in [7, 11) is 0. The quantitative estimate of drug-likeness (QED) is 0.153. The molecule has 0 N–H and O–H groups in total. The number of halogens is 2. The van der Waals surface area contributed by atoms with E-state index in [0.717, 1.165) is 33.7 Å². The van der Waals surface area contributed by atoms with Crippen molar-refractivity contribution < 1.29 is 24.2 Å². The van der Waals surface area contributed by atoms with Crippen LogP contribution >= 0.6 is 23.2 Å². The smallest absolute Gasteiger partial charge is 0.109 e. The summed E-state index contributed by atoms with van der Waals surface area (Å²) in [4.78, 5) is 0. The molecule has 0 saturated heterocycles. The van der Waals surface area contributed by atoms with Crippen LogP contribution in [-0.4, -0.2) is 3.21 Å². The molecule has 52 heavy (non-hydrogen) atoms. The maximum Gasteiger partial charge on any atom is -0.109 e. The molecule has 260 valence electrons. The summed E-state index contributed by atoms with van der Waals surface area (Å²) in [6.45, 7) is 18.2. The molecular weight excluding hydrogens is 751 g/mol. The number of hydrogen-bond donors (Lipinski definition) is 0. The molecule has 0 unspecified atom stereocenters. The molecule has 0 bridgehead atoms. The summed E-state index contributed by atoms with van der Waals surface area (Å²) in [6.07, 6.45) is 11.0. The first-order valence-electron chi connectivity index (χ1n) is 18.0. The fourth-order valence-electron chi connectivity index (χ4n) is 7.49. The van der Waals surface area contributed by atoms with Gasteiger partial charge >= 0.3 is 166 Å². The number of hydrogen-bond acceptors (Lipinski definition) is 0. The molecule has 0 atom stereocenters. The Labute approximate surface area is 335 Å². The minimum absolute atomic E-state index is 0.163. The van der Waals surface area contributed by atoms with Crippen molar-refractivity contribution >= 4 is 48.0 Å². The van der Waals surface area contributed by atoms with Crippen LogP contribution in [0.1, 0.15) is 92.5 Å². The van der Waals surface area contributed by atoms with Crippen molar-refractivity contribution in [3.05, 3.63) is 176 Å². The van der Waals surface area contributed by atoms with Gasteiger partial charge in [-0.3, -0.25) is 6.08 Å². The van der Waals surface area contributed by atoms with Crippen LogP contribution in [0, 0.1) is 26.0 Å². The zero-order chi connectivity index (χ0) is 37.4. The molecule has 0 spiro atoms. The van der Waals surface area contributed by atoms with Gasteiger partial charge in [0.2, 0.25) is 0 Å². The number of allylic oxidation sites excluding steroid dienone is 4. The second kappa shape index (κ2) is 15.6. The van der Waals surface area contributed by atoms with Crippen LogP contribution in [0.25, 0.3) is 32.7 Å². The van der Waals surface area contributed by atoms with Crippen LogP contribution in [0.4, 0.5) is 0 Å². The summed E-state index contributed by atoms with van der Waals surface area (Å²) in [5.41, 5.74) is 14.1. The van der Waals surface area contributed by atoms with E-state index in [2.05, 4.69) is 140 Å². The van der Waals surface area contributed by atoms with Gasteiger partial charge in [-0.15, -0.1) is 23.1 Å². The molecule has 8 rings (SSSR count). The fraction of sp³-hybridized carbons (Fsp3) is 0.245. The standard InChI is InChI=1S/C23H29.C21H12Cl2.C5H5.Zr/c1-14-9-16-11-17-10-15(2)21(23(6,7)8)13-19(17)18(16)12-20(14)22(3,4)5;22-20-11-3-7-16-14(5-1-9-18(16)20)13-15-6-2-10-19-17(15)8-4-12-21(19)23;1-2-4-5-3-1;/h9,12-13H,11H2,1-8H3;1-12H;1-3H,4H2;/q-1;;-1;+2. The molecule has 0 radical (unpaired) electrons. The first-order valence-corrected chi connectivity index (χ1v) is 20.0. The van der Waals surface area contributed by atoms with E-state index in [9.17, 15) is 0 Å².